The molecule has 0 aliphatic heterocycles. The maximum absolute atomic E-state index is 2.14. The zero-order valence-corrected chi connectivity index (χ0v) is 9.61. The minimum atomic E-state index is 0. The zero-order chi connectivity index (χ0) is 7.11. The van der Waals surface area contributed by atoms with Crippen LogP contribution in [0.15, 0.2) is 30.3 Å². The highest BCUT2D eigenvalue weighted by Crippen LogP contribution is 1.92. The second-order valence-electron chi connectivity index (χ2n) is 1.65. The van der Waals surface area contributed by atoms with Crippen LogP contribution >= 0.6 is 12.4 Å². The summed E-state index contributed by atoms with van der Waals surface area (Å²) < 4.78 is 0. The first-order valence-corrected chi connectivity index (χ1v) is 5.41. The first kappa shape index (κ1) is 12.7. The van der Waals surface area contributed by atoms with Crippen molar-refractivity contribution in [2.45, 2.75) is 12.7 Å². The molecule has 0 nitrogen and oxygen atoms in total. The maximum Gasteiger partial charge on any atom is 0.207 e. The van der Waals surface area contributed by atoms with Crippen LogP contribution in [0, 0.1) is 6.92 Å². The maximum atomic E-state index is 2.14. The molecule has 10 heavy (non-hydrogen) atoms. The van der Waals surface area contributed by atoms with E-state index in [1.54, 1.807) is 0 Å². The molecule has 0 heterocycles. The van der Waals surface area contributed by atoms with Gasteiger partial charge in [-0.1, -0.05) is 35.9 Å². The van der Waals surface area contributed by atoms with Crippen LogP contribution in [0.2, 0.25) is 5.79 Å². The molecule has 0 aliphatic carbocycles. The summed E-state index contributed by atoms with van der Waals surface area (Å²) in [6.45, 7) is 2.08. The van der Waals surface area contributed by atoms with Gasteiger partial charge in [0.25, 0.3) is 0 Å². The fraction of sp³-hybridized carbons (Fsp3) is 0.250. The molecule has 0 radical (unpaired) electrons. The van der Waals surface area contributed by atoms with Crippen LogP contribution in [-0.2, 0) is 0 Å². The highest BCUT2D eigenvalue weighted by atomic mass is 35.5. The van der Waals surface area contributed by atoms with Crippen LogP contribution in [0.4, 0.5) is 0 Å². The van der Waals surface area contributed by atoms with E-state index in [-0.39, 0.29) is 12.4 Å². The van der Waals surface area contributed by atoms with Crippen LogP contribution < -0.4 is 0 Å². The summed E-state index contributed by atoms with van der Waals surface area (Å²) >= 11 is 1.31. The molecule has 0 unspecified atom stereocenters. The highest BCUT2D eigenvalue weighted by Gasteiger charge is 1.72. The highest BCUT2D eigenvalue weighted by molar-refractivity contribution is 6.05. The first-order valence-electron chi connectivity index (χ1n) is 3.41. The van der Waals surface area contributed by atoms with E-state index in [0.29, 0.717) is 0 Å². The minimum absolute atomic E-state index is 0. The fourth-order valence-electron chi connectivity index (χ4n) is 0.534. The third-order valence-corrected chi connectivity index (χ3v) is 0.940. The SMILES string of the molecule is Cc1ccccc1.Cl.[CH3][AlH2]. The summed E-state index contributed by atoms with van der Waals surface area (Å²) in [5, 5.41) is 0. The number of benzene rings is 1. The van der Waals surface area contributed by atoms with Gasteiger partial charge >= 0.3 is 0 Å². The van der Waals surface area contributed by atoms with Crippen molar-refractivity contribution in [2.75, 3.05) is 0 Å². The molecule has 0 aromatic heterocycles. The number of aryl methyl sites for hydroxylation is 1. The van der Waals surface area contributed by atoms with Crippen LogP contribution in [0.25, 0.3) is 0 Å². The molecule has 0 saturated heterocycles. The van der Waals surface area contributed by atoms with E-state index in [0.717, 1.165) is 0 Å². The molecule has 1 aromatic rings. The van der Waals surface area contributed by atoms with Crippen molar-refractivity contribution in [3.63, 3.8) is 0 Å². The average Bonchev–Trinajstić information content (AvgIpc) is 1.94. The molecular formula is C8H14AlCl. The fourth-order valence-corrected chi connectivity index (χ4v) is 0.534. The second-order valence-corrected chi connectivity index (χ2v) is 1.65. The van der Waals surface area contributed by atoms with Gasteiger partial charge in [-0.15, -0.1) is 18.2 Å². The summed E-state index contributed by atoms with van der Waals surface area (Å²) in [5.41, 5.74) is 1.32. The number of rotatable bonds is 0. The van der Waals surface area contributed by atoms with Crippen LogP contribution in [0.3, 0.4) is 0 Å². The van der Waals surface area contributed by atoms with E-state index in [1.807, 2.05) is 18.2 Å². The molecule has 0 amide bonds. The van der Waals surface area contributed by atoms with Crippen molar-refractivity contribution in [1.29, 1.82) is 0 Å². The van der Waals surface area contributed by atoms with Crippen LogP contribution in [-0.4, -0.2) is 16.3 Å². The molecule has 0 saturated carbocycles. The molecule has 0 atom stereocenters. The lowest BCUT2D eigenvalue weighted by Crippen LogP contribution is -1.62. The van der Waals surface area contributed by atoms with Gasteiger partial charge in [0.15, 0.2) is 0 Å². The lowest BCUT2D eigenvalue weighted by Gasteiger charge is -1.82. The lowest BCUT2D eigenvalue weighted by atomic mass is 10.2. The standard InChI is InChI=1S/C7H8.CH3.Al.ClH.2H/c1-7-5-3-2-4-6-7;;;;;/h2-6H,1H3;1H3;;1H;;. The average molecular weight is 173 g/mol. The first-order chi connectivity index (χ1) is 4.39. The van der Waals surface area contributed by atoms with Crippen LogP contribution in [0.5, 0.6) is 0 Å². The second kappa shape index (κ2) is 9.04. The smallest absolute Gasteiger partial charge is 0.147 e. The molecular weight excluding hydrogens is 159 g/mol. The van der Waals surface area contributed by atoms with Gasteiger partial charge < -0.3 is 0 Å². The molecule has 0 aliphatic rings. The summed E-state index contributed by atoms with van der Waals surface area (Å²) in [5.74, 6) is 2.14. The van der Waals surface area contributed by atoms with Gasteiger partial charge in [-0.05, 0) is 6.92 Å². The van der Waals surface area contributed by atoms with Gasteiger partial charge in [0.05, 0.1) is 0 Å². The Hall–Kier alpha value is 0.0425. The topological polar surface area (TPSA) is 0 Å². The summed E-state index contributed by atoms with van der Waals surface area (Å²) in [4.78, 5) is 0. The predicted molar refractivity (Wildman–Crippen MR) is 52.8 cm³/mol. The van der Waals surface area contributed by atoms with Crippen molar-refractivity contribution in [2.24, 2.45) is 0 Å². The third-order valence-electron chi connectivity index (χ3n) is 0.940. The number of hydrogen-bond acceptors (Lipinski definition) is 0. The normalized spacial score (nSPS) is 6.60. The summed E-state index contributed by atoms with van der Waals surface area (Å²) in [6.07, 6.45) is 0. The monoisotopic (exact) mass is 172 g/mol. The van der Waals surface area contributed by atoms with Gasteiger partial charge in [-0.3, -0.25) is 0 Å². The molecule has 1 rings (SSSR count). The van der Waals surface area contributed by atoms with E-state index in [1.165, 1.54) is 21.9 Å². The van der Waals surface area contributed by atoms with E-state index >= 15 is 0 Å². The minimum Gasteiger partial charge on any atom is -0.147 e. The molecule has 56 valence electrons. The Labute approximate surface area is 77.5 Å². The molecule has 0 bridgehead atoms. The Kier molecular flexibility index (Phi) is 11.5. The van der Waals surface area contributed by atoms with Gasteiger partial charge in [0.1, 0.15) is 0 Å². The van der Waals surface area contributed by atoms with E-state index in [4.69, 9.17) is 0 Å². The van der Waals surface area contributed by atoms with Gasteiger partial charge in [0, 0.05) is 0 Å². The van der Waals surface area contributed by atoms with E-state index < -0.39 is 0 Å². The molecule has 0 N–H and O–H groups in total. The lowest BCUT2D eigenvalue weighted by molar-refractivity contribution is 1.48. The van der Waals surface area contributed by atoms with Crippen molar-refractivity contribution in [3.8, 4) is 0 Å². The Morgan fingerprint density at radius 1 is 1.00 bits per heavy atom. The van der Waals surface area contributed by atoms with Gasteiger partial charge in [-0.25, -0.2) is 0 Å². The van der Waals surface area contributed by atoms with Crippen molar-refractivity contribution >= 4 is 28.7 Å². The van der Waals surface area contributed by atoms with Gasteiger partial charge in [-0.2, -0.15) is 0 Å². The quantitative estimate of drug-likeness (QED) is 0.526. The Balaban J connectivity index is 0. The van der Waals surface area contributed by atoms with Crippen molar-refractivity contribution in [1.82, 2.24) is 0 Å². The van der Waals surface area contributed by atoms with Gasteiger partial charge in [0.2, 0.25) is 16.3 Å². The predicted octanol–water partition coefficient (Wildman–Crippen LogP) is 2.08. The zero-order valence-electron chi connectivity index (χ0n) is 6.79. The Bertz CT molecular complexity index is 139. The Morgan fingerprint density at radius 3 is 1.60 bits per heavy atom. The Morgan fingerprint density at radius 2 is 1.40 bits per heavy atom. The third kappa shape index (κ3) is 6.17. The van der Waals surface area contributed by atoms with Crippen molar-refractivity contribution in [3.05, 3.63) is 35.9 Å². The number of hydrogen-bond donors (Lipinski definition) is 0. The summed E-state index contributed by atoms with van der Waals surface area (Å²) in [6, 6.07) is 10.3. The van der Waals surface area contributed by atoms with E-state index in [2.05, 4.69) is 24.8 Å². The molecule has 2 heteroatoms. The summed E-state index contributed by atoms with van der Waals surface area (Å²) in [7, 11) is 0. The number of halogens is 1. The molecule has 0 fully saturated rings. The van der Waals surface area contributed by atoms with Crippen LogP contribution in [0.1, 0.15) is 5.56 Å². The molecule has 0 spiro atoms. The van der Waals surface area contributed by atoms with E-state index in [9.17, 15) is 0 Å². The largest absolute Gasteiger partial charge is 0.207 e. The molecule has 1 aromatic carbocycles. The van der Waals surface area contributed by atoms with Crippen molar-refractivity contribution < 1.29 is 0 Å².